The van der Waals surface area contributed by atoms with Gasteiger partial charge in [-0.15, -0.1) is 11.8 Å². The molecule has 5 nitrogen and oxygen atoms in total. The zero-order chi connectivity index (χ0) is 11.8. The molecule has 0 unspecified atom stereocenters. The molecule has 0 N–H and O–H groups in total. The van der Waals surface area contributed by atoms with Crippen molar-refractivity contribution in [3.05, 3.63) is 11.5 Å². The van der Waals surface area contributed by atoms with Crippen molar-refractivity contribution in [1.29, 1.82) is 21.0 Å². The van der Waals surface area contributed by atoms with Crippen LogP contribution in [0.25, 0.3) is 0 Å². The Morgan fingerprint density at radius 1 is 1.00 bits per heavy atom. The summed E-state index contributed by atoms with van der Waals surface area (Å²) in [7, 11) is 0. The Labute approximate surface area is 96.1 Å². The van der Waals surface area contributed by atoms with Gasteiger partial charge in [-0.2, -0.15) is 21.0 Å². The van der Waals surface area contributed by atoms with E-state index in [0.717, 1.165) is 0 Å². The molecule has 0 aromatic carbocycles. The molecule has 6 heteroatoms. The standard InChI is InChI=1S/C10H4N4OS/c11-3-9(4-12)7-1-2-16-8(7)10(5-13,6-14)15-9/h1-2,7-8H/t7-,8-/m1/s1. The van der Waals surface area contributed by atoms with Gasteiger partial charge < -0.3 is 4.74 Å². The summed E-state index contributed by atoms with van der Waals surface area (Å²) in [6, 6.07) is 7.09. The normalized spacial score (nSPS) is 31.8. The van der Waals surface area contributed by atoms with Gasteiger partial charge in [-0.05, 0) is 5.41 Å². The molecule has 2 heterocycles. The van der Waals surface area contributed by atoms with Crippen molar-refractivity contribution in [3.63, 3.8) is 0 Å². The van der Waals surface area contributed by atoms with Crippen molar-refractivity contribution >= 4 is 11.8 Å². The van der Waals surface area contributed by atoms with Crippen LogP contribution in [0.2, 0.25) is 0 Å². The van der Waals surface area contributed by atoms with Crippen molar-refractivity contribution in [2.75, 3.05) is 0 Å². The van der Waals surface area contributed by atoms with E-state index in [2.05, 4.69) is 0 Å². The Hall–Kier alpha value is -1.99. The lowest BCUT2D eigenvalue weighted by atomic mass is 9.86. The lowest BCUT2D eigenvalue weighted by Gasteiger charge is -2.17. The molecule has 0 aromatic heterocycles. The molecule has 76 valence electrons. The maximum absolute atomic E-state index is 9.03. The van der Waals surface area contributed by atoms with Crippen LogP contribution in [0.4, 0.5) is 0 Å². The molecule has 0 aromatic rings. The van der Waals surface area contributed by atoms with Crippen LogP contribution in [0.3, 0.4) is 0 Å². The summed E-state index contributed by atoms with van der Waals surface area (Å²) >= 11 is 1.25. The number of rotatable bonds is 0. The van der Waals surface area contributed by atoms with Gasteiger partial charge >= 0.3 is 0 Å². The van der Waals surface area contributed by atoms with Crippen LogP contribution in [0.15, 0.2) is 11.5 Å². The summed E-state index contributed by atoms with van der Waals surface area (Å²) in [5.41, 5.74) is -3.44. The smallest absolute Gasteiger partial charge is 0.256 e. The first-order valence-corrected chi connectivity index (χ1v) is 5.29. The second-order valence-corrected chi connectivity index (χ2v) is 4.48. The van der Waals surface area contributed by atoms with E-state index >= 15 is 0 Å². The van der Waals surface area contributed by atoms with E-state index < -0.39 is 22.4 Å². The fourth-order valence-corrected chi connectivity index (χ4v) is 3.12. The summed E-state index contributed by atoms with van der Waals surface area (Å²) in [4.78, 5) is 0. The van der Waals surface area contributed by atoms with Crippen LogP contribution in [0.5, 0.6) is 0 Å². The van der Waals surface area contributed by atoms with E-state index in [0.29, 0.717) is 0 Å². The first-order valence-electron chi connectivity index (χ1n) is 4.35. The van der Waals surface area contributed by atoms with Gasteiger partial charge in [0, 0.05) is 0 Å². The summed E-state index contributed by atoms with van der Waals surface area (Å²) < 4.78 is 5.18. The van der Waals surface area contributed by atoms with E-state index in [1.165, 1.54) is 11.8 Å². The molecule has 0 bridgehead atoms. The summed E-state index contributed by atoms with van der Waals surface area (Å²) in [6.45, 7) is 0. The Balaban J connectivity index is 2.57. The van der Waals surface area contributed by atoms with Gasteiger partial charge in [0.1, 0.15) is 24.3 Å². The second kappa shape index (κ2) is 3.26. The minimum absolute atomic E-state index is 0.512. The first-order chi connectivity index (χ1) is 7.68. The maximum atomic E-state index is 9.03. The number of thioether (sulfide) groups is 1. The molecule has 2 aliphatic rings. The Morgan fingerprint density at radius 3 is 2.06 bits per heavy atom. The Kier molecular flexibility index (Phi) is 2.14. The van der Waals surface area contributed by atoms with Gasteiger partial charge in [-0.1, -0.05) is 6.08 Å². The molecular formula is C10H4N4OS. The minimum Gasteiger partial charge on any atom is -0.311 e. The highest BCUT2D eigenvalue weighted by Gasteiger charge is 2.65. The molecule has 1 fully saturated rings. The van der Waals surface area contributed by atoms with Crippen molar-refractivity contribution in [2.24, 2.45) is 5.92 Å². The van der Waals surface area contributed by atoms with Crippen LogP contribution >= 0.6 is 11.8 Å². The predicted molar refractivity (Wildman–Crippen MR) is 53.0 cm³/mol. The van der Waals surface area contributed by atoms with Crippen molar-refractivity contribution in [3.8, 4) is 24.3 Å². The Morgan fingerprint density at radius 2 is 1.56 bits per heavy atom. The number of hydrogen-bond acceptors (Lipinski definition) is 6. The molecule has 0 aliphatic carbocycles. The van der Waals surface area contributed by atoms with E-state index in [9.17, 15) is 0 Å². The fourth-order valence-electron chi connectivity index (χ4n) is 1.90. The molecule has 2 aliphatic heterocycles. The molecule has 0 saturated carbocycles. The van der Waals surface area contributed by atoms with E-state index in [-0.39, 0.29) is 0 Å². The van der Waals surface area contributed by atoms with Crippen molar-refractivity contribution in [1.82, 2.24) is 0 Å². The quantitative estimate of drug-likeness (QED) is 0.608. The predicted octanol–water partition coefficient (Wildman–Crippen LogP) is 0.834. The number of ether oxygens (including phenoxy) is 1. The SMILES string of the molecule is N#CC1(C#N)OC(C#N)(C#N)[C@@H]2SC=C[C@H]21. The molecule has 0 amide bonds. The van der Waals surface area contributed by atoms with Crippen LogP contribution in [-0.2, 0) is 4.74 Å². The average Bonchev–Trinajstić information content (AvgIpc) is 2.90. The number of fused-ring (bicyclic) bond motifs is 1. The molecule has 16 heavy (non-hydrogen) atoms. The molecule has 2 rings (SSSR count). The lowest BCUT2D eigenvalue weighted by molar-refractivity contribution is 0.0155. The van der Waals surface area contributed by atoms with E-state index in [1.807, 2.05) is 0 Å². The summed E-state index contributed by atoms with van der Waals surface area (Å²) in [6.07, 6.45) is 1.65. The highest BCUT2D eigenvalue weighted by atomic mass is 32.2. The van der Waals surface area contributed by atoms with Gasteiger partial charge in [0.15, 0.2) is 0 Å². The van der Waals surface area contributed by atoms with Crippen molar-refractivity contribution in [2.45, 2.75) is 16.5 Å². The monoisotopic (exact) mass is 228 g/mol. The number of nitrogens with zero attached hydrogens (tertiary/aromatic N) is 4. The van der Waals surface area contributed by atoms with Crippen LogP contribution < -0.4 is 0 Å². The molecule has 1 saturated heterocycles. The largest absolute Gasteiger partial charge is 0.311 e. The summed E-state index contributed by atoms with van der Waals surface area (Å²) in [5.74, 6) is -0.535. The lowest BCUT2D eigenvalue weighted by Crippen LogP contribution is -2.35. The van der Waals surface area contributed by atoms with Crippen molar-refractivity contribution < 1.29 is 4.74 Å². The highest BCUT2D eigenvalue weighted by Crippen LogP contribution is 2.52. The van der Waals surface area contributed by atoms with Gasteiger partial charge in [0.05, 0.1) is 11.2 Å². The molecule has 0 spiro atoms. The zero-order valence-corrected chi connectivity index (χ0v) is 8.73. The minimum atomic E-state index is -1.73. The van der Waals surface area contributed by atoms with Gasteiger partial charge in [0.25, 0.3) is 11.2 Å². The summed E-state index contributed by atoms with van der Waals surface area (Å²) in [5, 5.41) is 37.3. The third-order valence-electron chi connectivity index (χ3n) is 2.69. The van der Waals surface area contributed by atoms with E-state index in [4.69, 9.17) is 25.8 Å². The maximum Gasteiger partial charge on any atom is 0.256 e. The van der Waals surface area contributed by atoms with Crippen LogP contribution in [0, 0.1) is 51.2 Å². The number of hydrogen-bond donors (Lipinski definition) is 0. The Bertz CT molecular complexity index is 499. The first kappa shape index (κ1) is 10.5. The second-order valence-electron chi connectivity index (χ2n) is 3.43. The molecule has 0 radical (unpaired) electrons. The third kappa shape index (κ3) is 1.01. The van der Waals surface area contributed by atoms with Gasteiger partial charge in [0.2, 0.25) is 0 Å². The van der Waals surface area contributed by atoms with E-state index in [1.54, 1.807) is 35.8 Å². The molecule has 2 atom stereocenters. The van der Waals surface area contributed by atoms with Crippen LogP contribution in [-0.4, -0.2) is 16.5 Å². The zero-order valence-electron chi connectivity index (χ0n) is 7.91. The average molecular weight is 228 g/mol. The molecular weight excluding hydrogens is 224 g/mol. The fraction of sp³-hybridized carbons (Fsp3) is 0.400. The third-order valence-corrected chi connectivity index (χ3v) is 3.93. The van der Waals surface area contributed by atoms with Crippen LogP contribution in [0.1, 0.15) is 0 Å². The number of nitriles is 4. The van der Waals surface area contributed by atoms with Gasteiger partial charge in [-0.3, -0.25) is 0 Å². The highest BCUT2D eigenvalue weighted by molar-refractivity contribution is 8.03. The van der Waals surface area contributed by atoms with Gasteiger partial charge in [-0.25, -0.2) is 0 Å². The topological polar surface area (TPSA) is 104 Å².